The van der Waals surface area contributed by atoms with E-state index in [0.717, 1.165) is 10.2 Å². The predicted octanol–water partition coefficient (Wildman–Crippen LogP) is 6.06. The molecule has 1 aromatic heterocycles. The number of aliphatic hydroxyl groups is 1. The second-order valence-electron chi connectivity index (χ2n) is 8.99. The summed E-state index contributed by atoms with van der Waals surface area (Å²) in [5.74, 6) is -0.977. The fourth-order valence-electron chi connectivity index (χ4n) is 4.61. The molecule has 0 saturated heterocycles. The van der Waals surface area contributed by atoms with E-state index in [1.54, 1.807) is 42.5 Å². The molecule has 1 amide bonds. The van der Waals surface area contributed by atoms with Crippen LogP contribution in [0.1, 0.15) is 22.2 Å². The van der Waals surface area contributed by atoms with Gasteiger partial charge < -0.3 is 23.9 Å². The Labute approximate surface area is 227 Å². The average molecular weight is 577 g/mol. The Bertz CT molecular complexity index is 1590. The summed E-state index contributed by atoms with van der Waals surface area (Å²) in [7, 11) is 6.86. The van der Waals surface area contributed by atoms with E-state index in [9.17, 15) is 14.7 Å². The smallest absolute Gasteiger partial charge is 0.294 e. The molecular formula is C29H25BrN2O6. The minimum absolute atomic E-state index is 0.0164. The van der Waals surface area contributed by atoms with Crippen LogP contribution in [-0.2, 0) is 4.79 Å². The Morgan fingerprint density at radius 1 is 0.974 bits per heavy atom. The average Bonchev–Trinajstić information content (AvgIpc) is 3.46. The lowest BCUT2D eigenvalue weighted by Crippen LogP contribution is -2.31. The van der Waals surface area contributed by atoms with E-state index in [-0.39, 0.29) is 11.3 Å². The van der Waals surface area contributed by atoms with Gasteiger partial charge in [-0.05, 0) is 66.2 Å². The number of hydrogen-bond acceptors (Lipinski definition) is 7. The SMILES string of the molecule is COc1ccc(C2C(C(=O)c3cc4cc(Br)ccc4o3)=C(O)C(=O)N2c2ccc(N(C)C)cc2)cc1OC. The van der Waals surface area contributed by atoms with Crippen molar-refractivity contribution in [3.63, 3.8) is 0 Å². The number of halogens is 1. The third-order valence-electron chi connectivity index (χ3n) is 6.52. The largest absolute Gasteiger partial charge is 0.503 e. The van der Waals surface area contributed by atoms with Gasteiger partial charge in [0.2, 0.25) is 5.78 Å². The zero-order valence-corrected chi connectivity index (χ0v) is 22.8. The van der Waals surface area contributed by atoms with Crippen molar-refractivity contribution in [1.29, 1.82) is 0 Å². The summed E-state index contributed by atoms with van der Waals surface area (Å²) >= 11 is 3.42. The first-order chi connectivity index (χ1) is 18.2. The molecule has 3 aromatic carbocycles. The number of amides is 1. The molecular weight excluding hydrogens is 552 g/mol. The molecule has 0 saturated carbocycles. The summed E-state index contributed by atoms with van der Waals surface area (Å²) in [5, 5.41) is 11.8. The van der Waals surface area contributed by atoms with Gasteiger partial charge in [0.1, 0.15) is 5.58 Å². The van der Waals surface area contributed by atoms with Crippen LogP contribution < -0.4 is 19.3 Å². The van der Waals surface area contributed by atoms with E-state index < -0.39 is 23.5 Å². The van der Waals surface area contributed by atoms with Crippen LogP contribution in [0.15, 0.2) is 87.0 Å². The lowest BCUT2D eigenvalue weighted by molar-refractivity contribution is -0.117. The Morgan fingerprint density at radius 2 is 1.68 bits per heavy atom. The number of aliphatic hydroxyl groups excluding tert-OH is 1. The van der Waals surface area contributed by atoms with Crippen molar-refractivity contribution in [2.75, 3.05) is 38.1 Å². The van der Waals surface area contributed by atoms with Crippen molar-refractivity contribution in [3.05, 3.63) is 93.9 Å². The van der Waals surface area contributed by atoms with Gasteiger partial charge in [0.25, 0.3) is 5.91 Å². The van der Waals surface area contributed by atoms with Crippen LogP contribution in [0.4, 0.5) is 11.4 Å². The van der Waals surface area contributed by atoms with Crippen molar-refractivity contribution in [2.24, 2.45) is 0 Å². The molecule has 4 aromatic rings. The van der Waals surface area contributed by atoms with Crippen LogP contribution in [0, 0.1) is 0 Å². The molecule has 0 aliphatic carbocycles. The van der Waals surface area contributed by atoms with Gasteiger partial charge in [0.05, 0.1) is 25.8 Å². The second-order valence-corrected chi connectivity index (χ2v) is 9.90. The third kappa shape index (κ3) is 4.28. The van der Waals surface area contributed by atoms with E-state index in [1.807, 2.05) is 43.3 Å². The number of methoxy groups -OCH3 is 2. The van der Waals surface area contributed by atoms with Crippen LogP contribution in [0.2, 0.25) is 0 Å². The number of rotatable bonds is 7. The summed E-state index contributed by atoms with van der Waals surface area (Å²) < 4.78 is 17.5. The van der Waals surface area contributed by atoms with Crippen molar-refractivity contribution < 1.29 is 28.6 Å². The summed E-state index contributed by atoms with van der Waals surface area (Å²) in [6, 6.07) is 18.5. The van der Waals surface area contributed by atoms with Crippen molar-refractivity contribution in [3.8, 4) is 11.5 Å². The zero-order chi connectivity index (χ0) is 27.1. The number of hydrogen-bond donors (Lipinski definition) is 1. The van der Waals surface area contributed by atoms with Gasteiger partial charge in [0.15, 0.2) is 23.0 Å². The number of furan rings is 1. The normalized spacial score (nSPS) is 15.3. The molecule has 2 heterocycles. The number of nitrogens with zero attached hydrogens (tertiary/aromatic N) is 2. The van der Waals surface area contributed by atoms with E-state index in [4.69, 9.17) is 13.9 Å². The Hall–Kier alpha value is -4.24. The maximum atomic E-state index is 13.9. The number of fused-ring (bicyclic) bond motifs is 1. The first-order valence-electron chi connectivity index (χ1n) is 11.7. The summed E-state index contributed by atoms with van der Waals surface area (Å²) in [5.41, 5.74) is 2.43. The molecule has 1 N–H and O–H groups in total. The number of carbonyl (C=O) groups is 2. The first kappa shape index (κ1) is 25.4. The molecule has 1 atom stereocenters. The van der Waals surface area contributed by atoms with E-state index >= 15 is 0 Å². The number of ether oxygens (including phenoxy) is 2. The molecule has 0 spiro atoms. The van der Waals surface area contributed by atoms with Crippen LogP contribution >= 0.6 is 15.9 Å². The molecule has 194 valence electrons. The van der Waals surface area contributed by atoms with Crippen molar-refractivity contribution >= 4 is 50.0 Å². The number of ketones is 1. The minimum Gasteiger partial charge on any atom is -0.503 e. The first-order valence-corrected chi connectivity index (χ1v) is 12.5. The summed E-state index contributed by atoms with van der Waals surface area (Å²) in [4.78, 5) is 30.7. The molecule has 0 fully saturated rings. The number of anilines is 2. The third-order valence-corrected chi connectivity index (χ3v) is 7.02. The van der Waals surface area contributed by atoms with Crippen molar-refractivity contribution in [1.82, 2.24) is 0 Å². The lowest BCUT2D eigenvalue weighted by atomic mass is 9.94. The van der Waals surface area contributed by atoms with Crippen molar-refractivity contribution in [2.45, 2.75) is 6.04 Å². The predicted molar refractivity (Wildman–Crippen MR) is 148 cm³/mol. The Kier molecular flexibility index (Phi) is 6.62. The molecule has 1 aliphatic heterocycles. The number of carbonyl (C=O) groups excluding carboxylic acids is 2. The molecule has 1 unspecified atom stereocenters. The monoisotopic (exact) mass is 576 g/mol. The Balaban J connectivity index is 1.66. The molecule has 1 aliphatic rings. The van der Waals surface area contributed by atoms with Crippen LogP contribution in [-0.4, -0.2) is 45.1 Å². The van der Waals surface area contributed by atoms with Gasteiger partial charge in [0, 0.05) is 35.3 Å². The summed E-state index contributed by atoms with van der Waals surface area (Å²) in [6.07, 6.45) is 0. The molecule has 5 rings (SSSR count). The number of benzene rings is 3. The highest BCUT2D eigenvalue weighted by atomic mass is 79.9. The molecule has 9 heteroatoms. The van der Waals surface area contributed by atoms with E-state index in [2.05, 4.69) is 15.9 Å². The minimum atomic E-state index is -0.944. The van der Waals surface area contributed by atoms with Gasteiger partial charge in [-0.15, -0.1) is 0 Å². The lowest BCUT2D eigenvalue weighted by Gasteiger charge is -2.27. The van der Waals surface area contributed by atoms with Crippen LogP contribution in [0.5, 0.6) is 11.5 Å². The van der Waals surface area contributed by atoms with E-state index in [1.165, 1.54) is 19.1 Å². The maximum absolute atomic E-state index is 13.9. The number of Topliss-reactive ketones (excluding diaryl/α,β-unsaturated/α-hetero) is 1. The van der Waals surface area contributed by atoms with Gasteiger partial charge in [-0.2, -0.15) is 0 Å². The molecule has 38 heavy (non-hydrogen) atoms. The Morgan fingerprint density at radius 3 is 2.34 bits per heavy atom. The van der Waals surface area contributed by atoms with Gasteiger partial charge in [-0.1, -0.05) is 22.0 Å². The van der Waals surface area contributed by atoms with E-state index in [0.29, 0.717) is 33.7 Å². The molecule has 8 nitrogen and oxygen atoms in total. The summed E-state index contributed by atoms with van der Waals surface area (Å²) in [6.45, 7) is 0. The topological polar surface area (TPSA) is 92.5 Å². The maximum Gasteiger partial charge on any atom is 0.294 e. The highest BCUT2D eigenvalue weighted by molar-refractivity contribution is 9.10. The highest BCUT2D eigenvalue weighted by Crippen LogP contribution is 2.44. The van der Waals surface area contributed by atoms with Gasteiger partial charge in [-0.25, -0.2) is 0 Å². The van der Waals surface area contributed by atoms with Crippen LogP contribution in [0.3, 0.4) is 0 Å². The van der Waals surface area contributed by atoms with Gasteiger partial charge >= 0.3 is 0 Å². The zero-order valence-electron chi connectivity index (χ0n) is 21.2. The highest BCUT2D eigenvalue weighted by Gasteiger charge is 2.45. The second kappa shape index (κ2) is 9.90. The fraction of sp³-hybridized carbons (Fsp3) is 0.172. The van der Waals surface area contributed by atoms with Crippen LogP contribution in [0.25, 0.3) is 11.0 Å². The fourth-order valence-corrected chi connectivity index (χ4v) is 4.99. The van der Waals surface area contributed by atoms with Gasteiger partial charge in [-0.3, -0.25) is 14.5 Å². The molecule has 0 radical (unpaired) electrons. The standard InChI is InChI=1S/C29H25BrN2O6/c1-31(2)19-7-9-20(10-8-19)32-26(16-5-11-22(36-3)23(14-16)37-4)25(28(34)29(32)35)27(33)24-15-17-13-18(30)6-12-21(17)38-24/h5-15,26,34H,1-4H3. The quantitative estimate of drug-likeness (QED) is 0.267. The molecule has 0 bridgehead atoms.